The quantitative estimate of drug-likeness (QED) is 0.590. The molecule has 0 atom stereocenters. The minimum atomic E-state index is -3.42. The Balaban J connectivity index is 2.04. The highest BCUT2D eigenvalue weighted by Crippen LogP contribution is 2.30. The molecule has 6 nitrogen and oxygen atoms in total. The number of halogens is 1. The smallest absolute Gasteiger partial charge is 0.234 e. The Morgan fingerprint density at radius 2 is 1.89 bits per heavy atom. The van der Waals surface area contributed by atoms with Crippen LogP contribution >= 0.6 is 27.7 Å². The number of sulfonamides is 1. The normalized spacial score (nSPS) is 11.1. The Labute approximate surface area is 172 Å². The minimum absolute atomic E-state index is 0.161. The van der Waals surface area contributed by atoms with Crippen molar-refractivity contribution in [1.29, 1.82) is 0 Å². The second kappa shape index (κ2) is 8.99. The standard InChI is InChI=1S/C18H21BrN2O4S2/c1-11-8-17(12(2)7-14(11)19)26-10-18(22)20-13-5-6-15(16(9-13)25-3)21-27(4,23)24/h5-9,21H,10H2,1-4H3,(H,20,22). The van der Waals surface area contributed by atoms with E-state index >= 15 is 0 Å². The summed E-state index contributed by atoms with van der Waals surface area (Å²) >= 11 is 4.96. The number of hydrogen-bond acceptors (Lipinski definition) is 5. The predicted molar refractivity (Wildman–Crippen MR) is 114 cm³/mol. The number of rotatable bonds is 7. The molecule has 0 fully saturated rings. The summed E-state index contributed by atoms with van der Waals surface area (Å²) in [6, 6.07) is 8.82. The van der Waals surface area contributed by atoms with Gasteiger partial charge in [0.2, 0.25) is 15.9 Å². The molecule has 0 aliphatic carbocycles. The fourth-order valence-electron chi connectivity index (χ4n) is 2.30. The average molecular weight is 473 g/mol. The van der Waals surface area contributed by atoms with Crippen LogP contribution in [-0.2, 0) is 14.8 Å². The van der Waals surface area contributed by atoms with Crippen LogP contribution in [0.15, 0.2) is 39.7 Å². The average Bonchev–Trinajstić information content (AvgIpc) is 2.57. The van der Waals surface area contributed by atoms with E-state index in [1.54, 1.807) is 18.2 Å². The number of carbonyl (C=O) groups excluding carboxylic acids is 1. The van der Waals surface area contributed by atoms with Crippen molar-refractivity contribution in [1.82, 2.24) is 0 Å². The lowest BCUT2D eigenvalue weighted by atomic mass is 10.2. The molecule has 0 aliphatic rings. The minimum Gasteiger partial charge on any atom is -0.494 e. The van der Waals surface area contributed by atoms with Crippen molar-refractivity contribution in [3.63, 3.8) is 0 Å². The van der Waals surface area contributed by atoms with Crippen LogP contribution < -0.4 is 14.8 Å². The van der Waals surface area contributed by atoms with E-state index in [1.165, 1.54) is 18.9 Å². The summed E-state index contributed by atoms with van der Waals surface area (Å²) in [6.07, 6.45) is 1.06. The molecule has 146 valence electrons. The van der Waals surface area contributed by atoms with Gasteiger partial charge >= 0.3 is 0 Å². The van der Waals surface area contributed by atoms with Crippen LogP contribution in [0.25, 0.3) is 0 Å². The number of anilines is 2. The van der Waals surface area contributed by atoms with Gasteiger partial charge in [0.25, 0.3) is 0 Å². The molecule has 0 heterocycles. The molecule has 0 unspecified atom stereocenters. The zero-order valence-corrected chi connectivity index (χ0v) is 18.6. The number of benzene rings is 2. The van der Waals surface area contributed by atoms with Crippen molar-refractivity contribution < 1.29 is 17.9 Å². The summed E-state index contributed by atoms with van der Waals surface area (Å²) in [4.78, 5) is 13.3. The van der Waals surface area contributed by atoms with Crippen molar-refractivity contribution in [3.8, 4) is 5.75 Å². The van der Waals surface area contributed by atoms with E-state index in [0.717, 1.165) is 26.8 Å². The van der Waals surface area contributed by atoms with Crippen LogP contribution in [0.4, 0.5) is 11.4 Å². The topological polar surface area (TPSA) is 84.5 Å². The Hall–Kier alpha value is -1.71. The summed E-state index contributed by atoms with van der Waals surface area (Å²) in [5, 5.41) is 2.80. The van der Waals surface area contributed by atoms with Crippen molar-refractivity contribution in [3.05, 3.63) is 45.9 Å². The van der Waals surface area contributed by atoms with Crippen LogP contribution in [0, 0.1) is 13.8 Å². The summed E-state index contributed by atoms with van der Waals surface area (Å²) in [5.74, 6) is 0.421. The summed E-state index contributed by atoms with van der Waals surface area (Å²) < 4.78 is 31.4. The van der Waals surface area contributed by atoms with Crippen LogP contribution in [0.2, 0.25) is 0 Å². The third-order valence-electron chi connectivity index (χ3n) is 3.60. The zero-order valence-electron chi connectivity index (χ0n) is 15.4. The first-order valence-corrected chi connectivity index (χ1v) is 11.6. The summed E-state index contributed by atoms with van der Waals surface area (Å²) in [7, 11) is -1.99. The second-order valence-electron chi connectivity index (χ2n) is 5.99. The molecule has 0 aliphatic heterocycles. The maximum absolute atomic E-state index is 12.3. The maximum atomic E-state index is 12.3. The molecule has 2 N–H and O–H groups in total. The van der Waals surface area contributed by atoms with Crippen LogP contribution in [-0.4, -0.2) is 33.4 Å². The van der Waals surface area contributed by atoms with Crippen LogP contribution in [0.3, 0.4) is 0 Å². The van der Waals surface area contributed by atoms with E-state index in [1.807, 2.05) is 26.0 Å². The molecule has 0 saturated carbocycles. The lowest BCUT2D eigenvalue weighted by molar-refractivity contribution is -0.113. The molecular formula is C18H21BrN2O4S2. The van der Waals surface area contributed by atoms with E-state index < -0.39 is 10.0 Å². The van der Waals surface area contributed by atoms with Gasteiger partial charge in [-0.1, -0.05) is 15.9 Å². The highest BCUT2D eigenvalue weighted by Gasteiger charge is 2.11. The van der Waals surface area contributed by atoms with Crippen LogP contribution in [0.1, 0.15) is 11.1 Å². The molecule has 0 spiro atoms. The van der Waals surface area contributed by atoms with Gasteiger partial charge in [-0.05, 0) is 49.2 Å². The van der Waals surface area contributed by atoms with Gasteiger partial charge in [-0.25, -0.2) is 8.42 Å². The Bertz CT molecular complexity index is 962. The van der Waals surface area contributed by atoms with Crippen molar-refractivity contribution >= 4 is 55.0 Å². The molecule has 1 amide bonds. The molecule has 0 aromatic heterocycles. The lowest BCUT2D eigenvalue weighted by Crippen LogP contribution is -2.15. The third-order valence-corrected chi connectivity index (χ3v) is 6.20. The van der Waals surface area contributed by atoms with Gasteiger partial charge in [-0.15, -0.1) is 11.8 Å². The Morgan fingerprint density at radius 3 is 2.52 bits per heavy atom. The maximum Gasteiger partial charge on any atom is 0.234 e. The highest BCUT2D eigenvalue weighted by atomic mass is 79.9. The molecule has 2 aromatic carbocycles. The van der Waals surface area contributed by atoms with Gasteiger partial charge in [0, 0.05) is 21.1 Å². The van der Waals surface area contributed by atoms with Crippen molar-refractivity contribution in [2.45, 2.75) is 18.7 Å². The largest absolute Gasteiger partial charge is 0.494 e. The first-order valence-electron chi connectivity index (χ1n) is 7.94. The van der Waals surface area contributed by atoms with E-state index in [-0.39, 0.29) is 11.7 Å². The molecule has 0 saturated heterocycles. The van der Waals surface area contributed by atoms with Gasteiger partial charge < -0.3 is 10.1 Å². The van der Waals surface area contributed by atoms with Crippen molar-refractivity contribution in [2.75, 3.05) is 29.2 Å². The number of carbonyl (C=O) groups is 1. The third kappa shape index (κ3) is 6.44. The molecule has 27 heavy (non-hydrogen) atoms. The fourth-order valence-corrected chi connectivity index (χ4v) is 4.23. The van der Waals surface area contributed by atoms with Crippen molar-refractivity contribution in [2.24, 2.45) is 0 Å². The predicted octanol–water partition coefficient (Wildman–Crippen LogP) is 4.18. The summed E-state index contributed by atoms with van der Waals surface area (Å²) in [5.41, 5.74) is 3.05. The second-order valence-corrected chi connectivity index (χ2v) is 9.61. The molecule has 2 rings (SSSR count). The van der Waals surface area contributed by atoms with E-state index in [0.29, 0.717) is 17.1 Å². The number of nitrogens with one attached hydrogen (secondary N) is 2. The van der Waals surface area contributed by atoms with Gasteiger partial charge in [-0.3, -0.25) is 9.52 Å². The SMILES string of the molecule is COc1cc(NC(=O)CSc2cc(C)c(Br)cc2C)ccc1NS(C)(=O)=O. The number of amides is 1. The monoisotopic (exact) mass is 472 g/mol. The lowest BCUT2D eigenvalue weighted by Gasteiger charge is -2.13. The highest BCUT2D eigenvalue weighted by molar-refractivity contribution is 9.10. The van der Waals surface area contributed by atoms with Gasteiger partial charge in [-0.2, -0.15) is 0 Å². The summed E-state index contributed by atoms with van der Waals surface area (Å²) in [6.45, 7) is 4.01. The molecule has 2 aromatic rings. The number of hydrogen-bond donors (Lipinski definition) is 2. The number of methoxy groups -OCH3 is 1. The number of ether oxygens (including phenoxy) is 1. The Morgan fingerprint density at radius 1 is 1.19 bits per heavy atom. The molecule has 9 heteroatoms. The van der Waals surface area contributed by atoms with E-state index in [9.17, 15) is 13.2 Å². The van der Waals surface area contributed by atoms with Gasteiger partial charge in [0.05, 0.1) is 24.8 Å². The fraction of sp³-hybridized carbons (Fsp3) is 0.278. The van der Waals surface area contributed by atoms with Gasteiger partial charge in [0.1, 0.15) is 5.75 Å². The zero-order chi connectivity index (χ0) is 20.2. The first-order chi connectivity index (χ1) is 12.6. The Kier molecular flexibility index (Phi) is 7.19. The number of thioether (sulfide) groups is 1. The first kappa shape index (κ1) is 21.6. The number of aryl methyl sites for hydroxylation is 2. The van der Waals surface area contributed by atoms with E-state index in [4.69, 9.17) is 4.74 Å². The molecular weight excluding hydrogens is 452 g/mol. The van der Waals surface area contributed by atoms with E-state index in [2.05, 4.69) is 26.0 Å². The molecule has 0 radical (unpaired) electrons. The van der Waals surface area contributed by atoms with Gasteiger partial charge in [0.15, 0.2) is 0 Å². The molecule has 0 bridgehead atoms. The van der Waals surface area contributed by atoms with Crippen LogP contribution in [0.5, 0.6) is 5.75 Å².